The van der Waals surface area contributed by atoms with Gasteiger partial charge in [0.15, 0.2) is 5.16 Å². The summed E-state index contributed by atoms with van der Waals surface area (Å²) < 4.78 is 29.0. The molecule has 1 heterocycles. The third-order valence-electron chi connectivity index (χ3n) is 5.00. The highest BCUT2D eigenvalue weighted by atomic mass is 32.2. The van der Waals surface area contributed by atoms with E-state index < -0.39 is 29.1 Å². The van der Waals surface area contributed by atoms with Crippen molar-refractivity contribution < 1.29 is 18.4 Å². The Morgan fingerprint density at radius 1 is 0.971 bits per heavy atom. The lowest BCUT2D eigenvalue weighted by molar-refractivity contribution is -0.119. The average molecular weight is 495 g/mol. The molecule has 0 saturated carbocycles. The van der Waals surface area contributed by atoms with Gasteiger partial charge >= 0.3 is 6.03 Å². The van der Waals surface area contributed by atoms with Crippen molar-refractivity contribution >= 4 is 34.6 Å². The third kappa shape index (κ3) is 5.90. The molecule has 0 unspecified atom stereocenters. The number of rotatable bonds is 7. The summed E-state index contributed by atoms with van der Waals surface area (Å²) in [5.74, 6) is -2.06. The van der Waals surface area contributed by atoms with E-state index in [0.29, 0.717) is 11.6 Å². The van der Waals surface area contributed by atoms with Crippen LogP contribution in [0.15, 0.2) is 82.7 Å². The number of benzene rings is 3. The van der Waals surface area contributed by atoms with Crippen molar-refractivity contribution in [2.75, 3.05) is 5.75 Å². The van der Waals surface area contributed by atoms with Gasteiger partial charge in [-0.3, -0.25) is 19.5 Å². The summed E-state index contributed by atoms with van der Waals surface area (Å²) >= 11 is 1.05. The predicted molar refractivity (Wildman–Crippen MR) is 129 cm³/mol. The van der Waals surface area contributed by atoms with E-state index in [1.54, 1.807) is 24.3 Å². The van der Waals surface area contributed by atoms with Crippen LogP contribution in [0, 0.1) is 11.6 Å². The maximum Gasteiger partial charge on any atom is 0.321 e. The average Bonchev–Trinajstić information content (AvgIpc) is 2.84. The molecule has 0 atom stereocenters. The van der Waals surface area contributed by atoms with Crippen molar-refractivity contribution in [1.29, 1.82) is 0 Å². The van der Waals surface area contributed by atoms with Gasteiger partial charge in [0.1, 0.15) is 11.6 Å². The lowest BCUT2D eigenvalue weighted by Gasteiger charge is -2.14. The highest BCUT2D eigenvalue weighted by molar-refractivity contribution is 7.99. The number of nitrogens with one attached hydrogen (secondary N) is 2. The van der Waals surface area contributed by atoms with Gasteiger partial charge in [-0.1, -0.05) is 54.2 Å². The number of aromatic nitrogens is 2. The summed E-state index contributed by atoms with van der Waals surface area (Å²) in [6.45, 7) is 0.269. The first-order chi connectivity index (χ1) is 16.9. The van der Waals surface area contributed by atoms with Crippen LogP contribution >= 0.6 is 11.8 Å². The van der Waals surface area contributed by atoms with Crippen LogP contribution in [0.3, 0.4) is 0 Å². The number of para-hydroxylation sites is 1. The minimum atomic E-state index is -0.918. The van der Waals surface area contributed by atoms with Gasteiger partial charge in [0.05, 0.1) is 16.6 Å². The molecule has 0 radical (unpaired) electrons. The first kappa shape index (κ1) is 24.1. The number of halogens is 2. The van der Waals surface area contributed by atoms with Gasteiger partial charge in [-0.15, -0.1) is 0 Å². The molecule has 3 aromatic carbocycles. The Kier molecular flexibility index (Phi) is 7.51. The largest absolute Gasteiger partial charge is 0.334 e. The Hall–Kier alpha value is -4.05. The molecule has 1 aromatic heterocycles. The molecule has 0 aliphatic carbocycles. The fraction of sp³-hybridized carbons (Fsp3) is 0.120. The number of imide groups is 1. The summed E-state index contributed by atoms with van der Waals surface area (Å²) in [4.78, 5) is 41.8. The summed E-state index contributed by atoms with van der Waals surface area (Å²) in [7, 11) is 0. The molecular weight excluding hydrogens is 474 g/mol. The Bertz CT molecular complexity index is 1440. The SMILES string of the molecule is O=C(CCSc1nc2ccccc2c(=O)n1-c1ccc(F)cc1F)NC(=O)NCc1ccccc1. The molecule has 4 rings (SSSR count). The minimum absolute atomic E-state index is 0.0575. The maximum absolute atomic E-state index is 14.5. The van der Waals surface area contributed by atoms with Crippen LogP contribution in [-0.4, -0.2) is 27.2 Å². The highest BCUT2D eigenvalue weighted by Gasteiger charge is 2.17. The lowest BCUT2D eigenvalue weighted by atomic mass is 10.2. The molecule has 3 amide bonds. The molecule has 4 aromatic rings. The number of fused-ring (bicyclic) bond motifs is 1. The van der Waals surface area contributed by atoms with Crippen LogP contribution in [0.5, 0.6) is 0 Å². The summed E-state index contributed by atoms with van der Waals surface area (Å²) in [5, 5.41) is 5.26. The monoisotopic (exact) mass is 494 g/mol. The van der Waals surface area contributed by atoms with Crippen molar-refractivity contribution in [3.05, 3.63) is 100 Å². The van der Waals surface area contributed by atoms with Crippen LogP contribution in [0.4, 0.5) is 13.6 Å². The fourth-order valence-electron chi connectivity index (χ4n) is 3.33. The van der Waals surface area contributed by atoms with Gasteiger partial charge in [0.2, 0.25) is 5.91 Å². The fourth-order valence-corrected chi connectivity index (χ4v) is 4.27. The number of urea groups is 1. The molecule has 0 bridgehead atoms. The number of carbonyl (C=O) groups excluding carboxylic acids is 2. The zero-order valence-electron chi connectivity index (χ0n) is 18.3. The van der Waals surface area contributed by atoms with Gasteiger partial charge in [-0.2, -0.15) is 0 Å². The van der Waals surface area contributed by atoms with Gasteiger partial charge in [-0.05, 0) is 29.8 Å². The third-order valence-corrected chi connectivity index (χ3v) is 5.95. The van der Waals surface area contributed by atoms with Gasteiger partial charge in [-0.25, -0.2) is 18.6 Å². The second kappa shape index (κ2) is 10.9. The van der Waals surface area contributed by atoms with Crippen LogP contribution in [0.25, 0.3) is 16.6 Å². The van der Waals surface area contributed by atoms with Crippen LogP contribution in [0.1, 0.15) is 12.0 Å². The van der Waals surface area contributed by atoms with E-state index in [4.69, 9.17) is 0 Å². The Balaban J connectivity index is 1.46. The molecule has 178 valence electrons. The van der Waals surface area contributed by atoms with Crippen LogP contribution in [0.2, 0.25) is 0 Å². The van der Waals surface area contributed by atoms with Gasteiger partial charge < -0.3 is 5.32 Å². The number of nitrogens with zero attached hydrogens (tertiary/aromatic N) is 2. The van der Waals surface area contributed by atoms with Gasteiger partial charge in [0, 0.05) is 24.8 Å². The van der Waals surface area contributed by atoms with E-state index in [-0.39, 0.29) is 34.9 Å². The number of amides is 3. The molecule has 10 heteroatoms. The zero-order valence-corrected chi connectivity index (χ0v) is 19.1. The first-order valence-corrected chi connectivity index (χ1v) is 11.6. The topological polar surface area (TPSA) is 93.1 Å². The molecule has 0 aliphatic rings. The van der Waals surface area contributed by atoms with E-state index >= 15 is 0 Å². The van der Waals surface area contributed by atoms with E-state index in [9.17, 15) is 23.2 Å². The molecule has 0 spiro atoms. The summed E-state index contributed by atoms with van der Waals surface area (Å²) in [6.07, 6.45) is -0.0575. The first-order valence-electron chi connectivity index (χ1n) is 10.6. The molecule has 2 N–H and O–H groups in total. The maximum atomic E-state index is 14.5. The number of carbonyl (C=O) groups is 2. The van der Waals surface area contributed by atoms with Crippen LogP contribution < -0.4 is 16.2 Å². The lowest BCUT2D eigenvalue weighted by Crippen LogP contribution is -2.39. The minimum Gasteiger partial charge on any atom is -0.334 e. The van der Waals surface area contributed by atoms with Crippen molar-refractivity contribution in [2.45, 2.75) is 18.1 Å². The number of thioether (sulfide) groups is 1. The van der Waals surface area contributed by atoms with E-state index in [0.717, 1.165) is 34.0 Å². The van der Waals surface area contributed by atoms with Crippen molar-refractivity contribution in [3.8, 4) is 5.69 Å². The Morgan fingerprint density at radius 2 is 1.71 bits per heavy atom. The molecule has 0 aliphatic heterocycles. The summed E-state index contributed by atoms with van der Waals surface area (Å²) in [5.41, 5.74) is 0.623. The molecule has 35 heavy (non-hydrogen) atoms. The van der Waals surface area contributed by atoms with Crippen molar-refractivity contribution in [2.24, 2.45) is 0 Å². The Labute approximate surface area is 203 Å². The molecular formula is C25H20F2N4O3S. The molecule has 7 nitrogen and oxygen atoms in total. The number of hydrogen-bond acceptors (Lipinski definition) is 5. The van der Waals surface area contributed by atoms with Crippen molar-refractivity contribution in [1.82, 2.24) is 20.2 Å². The summed E-state index contributed by atoms with van der Waals surface area (Å²) in [6, 6.07) is 18.1. The highest BCUT2D eigenvalue weighted by Crippen LogP contribution is 2.23. The van der Waals surface area contributed by atoms with Crippen LogP contribution in [-0.2, 0) is 11.3 Å². The Morgan fingerprint density at radius 3 is 2.49 bits per heavy atom. The van der Waals surface area contributed by atoms with E-state index in [2.05, 4.69) is 15.6 Å². The zero-order chi connectivity index (χ0) is 24.8. The van der Waals surface area contributed by atoms with E-state index in [1.165, 1.54) is 0 Å². The second-order valence-corrected chi connectivity index (χ2v) is 8.52. The van der Waals surface area contributed by atoms with Crippen molar-refractivity contribution in [3.63, 3.8) is 0 Å². The number of hydrogen-bond donors (Lipinski definition) is 2. The molecule has 0 saturated heterocycles. The second-order valence-electron chi connectivity index (χ2n) is 7.46. The normalized spacial score (nSPS) is 10.8. The standard InChI is InChI=1S/C25H20F2N4O3S/c26-17-10-11-21(19(27)14-17)31-23(33)18-8-4-5-9-20(18)29-25(31)35-13-12-22(32)30-24(34)28-15-16-6-2-1-3-7-16/h1-11,14H,12-13,15H2,(H2,28,30,32,34). The van der Waals surface area contributed by atoms with E-state index in [1.807, 2.05) is 30.3 Å². The van der Waals surface area contributed by atoms with Gasteiger partial charge in [0.25, 0.3) is 5.56 Å². The predicted octanol–water partition coefficient (Wildman–Crippen LogP) is 4.17. The quantitative estimate of drug-likeness (QED) is 0.297. The molecule has 0 fully saturated rings. The smallest absolute Gasteiger partial charge is 0.321 e.